The number of aromatic nitrogens is 1. The number of hydrogen-bond acceptors (Lipinski definition) is 1. The molecule has 0 aliphatic carbocycles. The Labute approximate surface area is 82.1 Å². The van der Waals surface area contributed by atoms with Gasteiger partial charge < -0.3 is 4.98 Å². The molecule has 0 unspecified atom stereocenters. The number of fused-ring (bicyclic) bond motifs is 1. The third kappa shape index (κ3) is 1.21. The molecule has 2 rings (SSSR count). The van der Waals surface area contributed by atoms with Crippen molar-refractivity contribution in [2.75, 3.05) is 0 Å². The van der Waals surface area contributed by atoms with Gasteiger partial charge in [-0.2, -0.15) is 5.26 Å². The van der Waals surface area contributed by atoms with Crippen LogP contribution in [0.1, 0.15) is 5.69 Å². The number of H-pyrrole nitrogens is 1. The van der Waals surface area contributed by atoms with Crippen LogP contribution < -0.4 is 0 Å². The molecule has 4 heteroatoms. The van der Waals surface area contributed by atoms with Gasteiger partial charge in [0.1, 0.15) is 17.6 Å². The molecule has 1 N–H and O–H groups in total. The highest BCUT2D eigenvalue weighted by Gasteiger charge is 2.07. The Morgan fingerprint density at radius 2 is 2.23 bits per heavy atom. The van der Waals surface area contributed by atoms with Gasteiger partial charge in [-0.1, -0.05) is 15.9 Å². The number of nitriles is 1. The molecule has 2 aromatic rings. The molecule has 0 saturated heterocycles. The van der Waals surface area contributed by atoms with E-state index in [1.165, 1.54) is 6.07 Å². The van der Waals surface area contributed by atoms with Crippen LogP contribution in [0, 0.1) is 17.1 Å². The van der Waals surface area contributed by atoms with E-state index in [2.05, 4.69) is 20.9 Å². The smallest absolute Gasteiger partial charge is 0.147 e. The molecule has 0 fully saturated rings. The molecule has 0 atom stereocenters. The third-order valence-corrected chi connectivity index (χ3v) is 2.50. The standard InChI is InChI=1S/C9H4BrFN2/c10-7-1-2-8(11)9-6(7)3-5(4-12)13-9/h1-3,13H. The third-order valence-electron chi connectivity index (χ3n) is 1.81. The van der Waals surface area contributed by atoms with E-state index in [1.807, 2.05) is 6.07 Å². The fourth-order valence-electron chi connectivity index (χ4n) is 1.21. The second-order valence-electron chi connectivity index (χ2n) is 2.61. The maximum Gasteiger partial charge on any atom is 0.147 e. The van der Waals surface area contributed by atoms with Crippen LogP contribution in [-0.2, 0) is 0 Å². The first-order valence-electron chi connectivity index (χ1n) is 3.59. The van der Waals surface area contributed by atoms with Gasteiger partial charge in [0.15, 0.2) is 0 Å². The predicted octanol–water partition coefficient (Wildman–Crippen LogP) is 2.94. The lowest BCUT2D eigenvalue weighted by Gasteiger charge is -1.93. The molecule has 0 aliphatic heterocycles. The van der Waals surface area contributed by atoms with E-state index in [0.717, 1.165) is 4.47 Å². The minimum absolute atomic E-state index is 0.347. The van der Waals surface area contributed by atoms with Gasteiger partial charge in [0.25, 0.3) is 0 Å². The first-order chi connectivity index (χ1) is 6.22. The van der Waals surface area contributed by atoms with E-state index in [4.69, 9.17) is 5.26 Å². The quantitative estimate of drug-likeness (QED) is 0.754. The van der Waals surface area contributed by atoms with Gasteiger partial charge in [-0.25, -0.2) is 4.39 Å². The number of aromatic amines is 1. The number of nitrogens with one attached hydrogen (secondary N) is 1. The largest absolute Gasteiger partial charge is 0.344 e. The van der Waals surface area contributed by atoms with Crippen molar-refractivity contribution in [3.05, 3.63) is 34.2 Å². The Morgan fingerprint density at radius 3 is 2.85 bits per heavy atom. The molecular formula is C9H4BrFN2. The molecule has 0 aliphatic rings. The average Bonchev–Trinajstić information content (AvgIpc) is 2.56. The highest BCUT2D eigenvalue weighted by molar-refractivity contribution is 9.10. The fourth-order valence-corrected chi connectivity index (χ4v) is 1.66. The number of rotatable bonds is 0. The van der Waals surface area contributed by atoms with Crippen LogP contribution >= 0.6 is 15.9 Å². The van der Waals surface area contributed by atoms with Crippen molar-refractivity contribution in [3.63, 3.8) is 0 Å². The summed E-state index contributed by atoms with van der Waals surface area (Å²) in [5.74, 6) is -0.347. The Balaban J connectivity index is 2.90. The monoisotopic (exact) mass is 238 g/mol. The predicted molar refractivity (Wildman–Crippen MR) is 50.7 cm³/mol. The van der Waals surface area contributed by atoms with Crippen molar-refractivity contribution in [1.82, 2.24) is 4.98 Å². The number of hydrogen-bond donors (Lipinski definition) is 1. The highest BCUT2D eigenvalue weighted by Crippen LogP contribution is 2.26. The van der Waals surface area contributed by atoms with E-state index in [0.29, 0.717) is 16.6 Å². The lowest BCUT2D eigenvalue weighted by molar-refractivity contribution is 0.637. The minimum Gasteiger partial charge on any atom is -0.344 e. The van der Waals surface area contributed by atoms with Gasteiger partial charge in [-0.05, 0) is 18.2 Å². The Hall–Kier alpha value is -1.34. The number of nitrogens with zero attached hydrogens (tertiary/aromatic N) is 1. The zero-order valence-electron chi connectivity index (χ0n) is 6.44. The van der Waals surface area contributed by atoms with Crippen LogP contribution in [0.3, 0.4) is 0 Å². The molecule has 1 aromatic carbocycles. The Kier molecular flexibility index (Phi) is 1.82. The first-order valence-corrected chi connectivity index (χ1v) is 4.38. The van der Waals surface area contributed by atoms with Gasteiger partial charge in [0.2, 0.25) is 0 Å². The van der Waals surface area contributed by atoms with Gasteiger partial charge in [0.05, 0.1) is 5.52 Å². The Bertz CT molecular complexity index is 471. The van der Waals surface area contributed by atoms with Gasteiger partial charge in [-0.3, -0.25) is 0 Å². The molecule has 2 nitrogen and oxygen atoms in total. The summed E-state index contributed by atoms with van der Waals surface area (Å²) >= 11 is 3.28. The second kappa shape index (κ2) is 2.86. The lowest BCUT2D eigenvalue weighted by Crippen LogP contribution is -1.77. The van der Waals surface area contributed by atoms with Gasteiger partial charge >= 0.3 is 0 Å². The maximum atomic E-state index is 13.2. The molecule has 0 bridgehead atoms. The van der Waals surface area contributed by atoms with Crippen LogP contribution in [0.2, 0.25) is 0 Å². The minimum atomic E-state index is -0.347. The zero-order chi connectivity index (χ0) is 9.42. The van der Waals surface area contributed by atoms with Crippen LogP contribution in [0.25, 0.3) is 10.9 Å². The van der Waals surface area contributed by atoms with Crippen molar-refractivity contribution >= 4 is 26.8 Å². The molecule has 13 heavy (non-hydrogen) atoms. The molecule has 1 aromatic heterocycles. The van der Waals surface area contributed by atoms with E-state index in [1.54, 1.807) is 12.1 Å². The zero-order valence-corrected chi connectivity index (χ0v) is 8.02. The van der Waals surface area contributed by atoms with E-state index in [-0.39, 0.29) is 5.82 Å². The topological polar surface area (TPSA) is 39.6 Å². The van der Waals surface area contributed by atoms with Crippen LogP contribution in [0.5, 0.6) is 0 Å². The molecule has 1 heterocycles. The van der Waals surface area contributed by atoms with Crippen molar-refractivity contribution in [1.29, 1.82) is 5.26 Å². The van der Waals surface area contributed by atoms with E-state index in [9.17, 15) is 4.39 Å². The highest BCUT2D eigenvalue weighted by atomic mass is 79.9. The molecule has 0 spiro atoms. The summed E-state index contributed by atoms with van der Waals surface area (Å²) in [5, 5.41) is 9.29. The van der Waals surface area contributed by atoms with Gasteiger partial charge in [-0.15, -0.1) is 0 Å². The summed E-state index contributed by atoms with van der Waals surface area (Å²) < 4.78 is 13.9. The molecular weight excluding hydrogens is 235 g/mol. The number of halogens is 2. The lowest BCUT2D eigenvalue weighted by atomic mass is 10.2. The van der Waals surface area contributed by atoms with E-state index >= 15 is 0 Å². The summed E-state index contributed by atoms with van der Waals surface area (Å²) in [6, 6.07) is 6.51. The van der Waals surface area contributed by atoms with Crippen LogP contribution in [-0.4, -0.2) is 4.98 Å². The maximum absolute atomic E-state index is 13.2. The second-order valence-corrected chi connectivity index (χ2v) is 3.47. The molecule has 0 amide bonds. The van der Waals surface area contributed by atoms with E-state index < -0.39 is 0 Å². The Morgan fingerprint density at radius 1 is 1.46 bits per heavy atom. The fraction of sp³-hybridized carbons (Fsp3) is 0. The molecule has 0 saturated carbocycles. The summed E-state index contributed by atoms with van der Waals surface area (Å²) in [6.45, 7) is 0. The average molecular weight is 239 g/mol. The molecule has 64 valence electrons. The first kappa shape index (κ1) is 8.27. The van der Waals surface area contributed by atoms with Crippen molar-refractivity contribution in [3.8, 4) is 6.07 Å². The van der Waals surface area contributed by atoms with Crippen LogP contribution in [0.4, 0.5) is 4.39 Å². The van der Waals surface area contributed by atoms with Crippen LogP contribution in [0.15, 0.2) is 22.7 Å². The summed E-state index contributed by atoms with van der Waals surface area (Å²) in [4.78, 5) is 2.69. The molecule has 0 radical (unpaired) electrons. The van der Waals surface area contributed by atoms with Crippen molar-refractivity contribution in [2.24, 2.45) is 0 Å². The summed E-state index contributed by atoms with van der Waals surface area (Å²) in [7, 11) is 0. The summed E-state index contributed by atoms with van der Waals surface area (Å²) in [5.41, 5.74) is 0.728. The van der Waals surface area contributed by atoms with Gasteiger partial charge in [0, 0.05) is 9.86 Å². The normalized spacial score (nSPS) is 10.2. The SMILES string of the molecule is N#Cc1cc2c(Br)ccc(F)c2[nH]1. The number of benzene rings is 1. The van der Waals surface area contributed by atoms with Crippen molar-refractivity contribution in [2.45, 2.75) is 0 Å². The summed E-state index contributed by atoms with van der Waals surface area (Å²) in [6.07, 6.45) is 0. The van der Waals surface area contributed by atoms with Crippen molar-refractivity contribution < 1.29 is 4.39 Å².